The van der Waals surface area contributed by atoms with Gasteiger partial charge in [-0.3, -0.25) is 4.79 Å². The van der Waals surface area contributed by atoms with Crippen molar-refractivity contribution < 1.29 is 13.6 Å². The zero-order valence-corrected chi connectivity index (χ0v) is 14.2. The number of rotatable bonds is 4. The Balaban J connectivity index is 1.79. The van der Waals surface area contributed by atoms with Gasteiger partial charge in [0.05, 0.1) is 0 Å². The molecule has 0 aliphatic heterocycles. The lowest BCUT2D eigenvalue weighted by Crippen LogP contribution is -2.15. The van der Waals surface area contributed by atoms with Gasteiger partial charge < -0.3 is 5.32 Å². The Morgan fingerprint density at radius 1 is 1.00 bits per heavy atom. The van der Waals surface area contributed by atoms with Crippen molar-refractivity contribution >= 4 is 17.2 Å². The minimum Gasteiger partial charge on any atom is -0.322 e. The van der Waals surface area contributed by atoms with Crippen LogP contribution < -0.4 is 5.32 Å². The smallest absolute Gasteiger partial charge is 0.261 e. The number of halogens is 2. The van der Waals surface area contributed by atoms with E-state index in [9.17, 15) is 13.6 Å². The number of amides is 1. The number of carbonyl (C=O) groups is 1. The number of benzene rings is 2. The van der Waals surface area contributed by atoms with Crippen molar-refractivity contribution in [2.24, 2.45) is 0 Å². The lowest BCUT2D eigenvalue weighted by Gasteiger charge is -2.20. The summed E-state index contributed by atoms with van der Waals surface area (Å²) < 4.78 is 27.4. The van der Waals surface area contributed by atoms with Crippen LogP contribution in [0.15, 0.2) is 48.0 Å². The van der Waals surface area contributed by atoms with Crippen molar-refractivity contribution in [2.45, 2.75) is 39.0 Å². The predicted molar refractivity (Wildman–Crippen MR) is 96.4 cm³/mol. The summed E-state index contributed by atoms with van der Waals surface area (Å²) in [5, 5.41) is 2.56. The largest absolute Gasteiger partial charge is 0.322 e. The van der Waals surface area contributed by atoms with Gasteiger partial charge in [0.1, 0.15) is 17.2 Å². The number of nitrogens with one attached hydrogen (secondary N) is 1. The summed E-state index contributed by atoms with van der Waals surface area (Å²) in [6.45, 7) is 2.18. The molecule has 0 unspecified atom stereocenters. The van der Waals surface area contributed by atoms with E-state index in [-0.39, 0.29) is 0 Å². The van der Waals surface area contributed by atoms with Crippen molar-refractivity contribution in [3.05, 3.63) is 70.8 Å². The number of allylic oxidation sites excluding steroid dienone is 2. The van der Waals surface area contributed by atoms with E-state index in [0.717, 1.165) is 37.0 Å². The SMILES string of the molecule is CCC1=C(c2ccc(NC(=O)c3c(F)cccc3F)cc2)CCCC1. The molecule has 25 heavy (non-hydrogen) atoms. The maximum Gasteiger partial charge on any atom is 0.261 e. The molecule has 4 heteroatoms. The normalized spacial score (nSPS) is 14.5. The third kappa shape index (κ3) is 3.78. The highest BCUT2D eigenvalue weighted by molar-refractivity contribution is 6.04. The average molecular weight is 341 g/mol. The van der Waals surface area contributed by atoms with Crippen LogP contribution in [0.5, 0.6) is 0 Å². The molecule has 0 bridgehead atoms. The summed E-state index contributed by atoms with van der Waals surface area (Å²) >= 11 is 0. The Bertz CT molecular complexity index is 789. The van der Waals surface area contributed by atoms with E-state index >= 15 is 0 Å². The summed E-state index contributed by atoms with van der Waals surface area (Å²) in [7, 11) is 0. The van der Waals surface area contributed by atoms with Gasteiger partial charge in [-0.15, -0.1) is 0 Å². The molecule has 0 atom stereocenters. The van der Waals surface area contributed by atoms with Crippen LogP contribution in [0.1, 0.15) is 54.9 Å². The Hall–Kier alpha value is -2.49. The Labute approximate surface area is 146 Å². The third-order valence-electron chi connectivity index (χ3n) is 4.69. The molecule has 0 radical (unpaired) electrons. The first-order valence-corrected chi connectivity index (χ1v) is 8.67. The van der Waals surface area contributed by atoms with Gasteiger partial charge in [0.25, 0.3) is 5.91 Å². The van der Waals surface area contributed by atoms with Crippen LogP contribution in [-0.4, -0.2) is 5.91 Å². The molecule has 1 N–H and O–H groups in total. The fraction of sp³-hybridized carbons (Fsp3) is 0.286. The van der Waals surface area contributed by atoms with Crippen LogP contribution in [0.3, 0.4) is 0 Å². The highest BCUT2D eigenvalue weighted by Crippen LogP contribution is 2.34. The molecular formula is C21H21F2NO. The van der Waals surface area contributed by atoms with Crippen LogP contribution in [0.4, 0.5) is 14.5 Å². The molecule has 1 amide bonds. The number of anilines is 1. The Morgan fingerprint density at radius 2 is 1.64 bits per heavy atom. The molecule has 0 aromatic heterocycles. The maximum absolute atomic E-state index is 13.7. The highest BCUT2D eigenvalue weighted by atomic mass is 19.1. The zero-order chi connectivity index (χ0) is 17.8. The van der Waals surface area contributed by atoms with E-state index in [0.29, 0.717) is 5.69 Å². The van der Waals surface area contributed by atoms with E-state index in [4.69, 9.17) is 0 Å². The van der Waals surface area contributed by atoms with Gasteiger partial charge in [0.15, 0.2) is 0 Å². The number of carbonyl (C=O) groups excluding carboxylic acids is 1. The first kappa shape index (κ1) is 17.3. The molecule has 0 heterocycles. The van der Waals surface area contributed by atoms with Crippen LogP contribution in [0.25, 0.3) is 5.57 Å². The second-order valence-corrected chi connectivity index (χ2v) is 6.27. The maximum atomic E-state index is 13.7. The van der Waals surface area contributed by atoms with Gasteiger partial charge in [-0.25, -0.2) is 8.78 Å². The number of hydrogen-bond acceptors (Lipinski definition) is 1. The molecule has 1 aliphatic carbocycles. The van der Waals surface area contributed by atoms with Gasteiger partial charge >= 0.3 is 0 Å². The minimum absolute atomic E-state index is 0.519. The van der Waals surface area contributed by atoms with E-state index < -0.39 is 23.1 Å². The topological polar surface area (TPSA) is 29.1 Å². The van der Waals surface area contributed by atoms with Crippen molar-refractivity contribution in [1.29, 1.82) is 0 Å². The second-order valence-electron chi connectivity index (χ2n) is 6.27. The van der Waals surface area contributed by atoms with Gasteiger partial charge in [-0.1, -0.05) is 30.7 Å². The molecule has 1 aliphatic rings. The Kier molecular flexibility index (Phi) is 5.27. The van der Waals surface area contributed by atoms with Crippen molar-refractivity contribution in [1.82, 2.24) is 0 Å². The quantitative estimate of drug-likeness (QED) is 0.731. The summed E-state index contributed by atoms with van der Waals surface area (Å²) in [6, 6.07) is 10.9. The van der Waals surface area contributed by atoms with E-state index in [1.807, 2.05) is 12.1 Å². The summed E-state index contributed by atoms with van der Waals surface area (Å²) in [5.41, 5.74) is 4.01. The van der Waals surface area contributed by atoms with Crippen molar-refractivity contribution in [3.8, 4) is 0 Å². The van der Waals surface area contributed by atoms with Crippen LogP contribution in [-0.2, 0) is 0 Å². The first-order chi connectivity index (χ1) is 12.1. The minimum atomic E-state index is -0.867. The monoisotopic (exact) mass is 341 g/mol. The van der Waals surface area contributed by atoms with Gasteiger partial charge in [0, 0.05) is 5.69 Å². The molecule has 3 rings (SSSR count). The average Bonchev–Trinajstić information content (AvgIpc) is 2.62. The van der Waals surface area contributed by atoms with Crippen molar-refractivity contribution in [2.75, 3.05) is 5.32 Å². The van der Waals surface area contributed by atoms with Gasteiger partial charge in [-0.05, 0) is 67.5 Å². The summed E-state index contributed by atoms with van der Waals surface area (Å²) in [6.07, 6.45) is 5.73. The van der Waals surface area contributed by atoms with Gasteiger partial charge in [-0.2, -0.15) is 0 Å². The highest BCUT2D eigenvalue weighted by Gasteiger charge is 2.17. The first-order valence-electron chi connectivity index (χ1n) is 8.67. The lowest BCUT2D eigenvalue weighted by atomic mass is 9.86. The van der Waals surface area contributed by atoms with E-state index in [2.05, 4.69) is 12.2 Å². The molecule has 130 valence electrons. The molecular weight excluding hydrogens is 320 g/mol. The predicted octanol–water partition coefficient (Wildman–Crippen LogP) is 5.95. The summed E-state index contributed by atoms with van der Waals surface area (Å²) in [4.78, 5) is 12.1. The van der Waals surface area contributed by atoms with Crippen LogP contribution >= 0.6 is 0 Å². The lowest BCUT2D eigenvalue weighted by molar-refractivity contribution is 0.101. The standard InChI is InChI=1S/C21H21F2NO/c1-2-14-6-3-4-7-17(14)15-10-12-16(13-11-15)24-21(25)20-18(22)8-5-9-19(20)23/h5,8-13H,2-4,6-7H2,1H3,(H,24,25). The summed E-state index contributed by atoms with van der Waals surface area (Å²) in [5.74, 6) is -2.52. The molecule has 2 nitrogen and oxygen atoms in total. The van der Waals surface area contributed by atoms with Crippen LogP contribution in [0.2, 0.25) is 0 Å². The van der Waals surface area contributed by atoms with E-state index in [1.165, 1.54) is 30.1 Å². The molecule has 0 saturated carbocycles. The fourth-order valence-corrected chi connectivity index (χ4v) is 3.37. The third-order valence-corrected chi connectivity index (χ3v) is 4.69. The molecule has 0 fully saturated rings. The number of hydrogen-bond donors (Lipinski definition) is 1. The second kappa shape index (κ2) is 7.60. The van der Waals surface area contributed by atoms with E-state index in [1.54, 1.807) is 12.1 Å². The molecule has 2 aromatic rings. The van der Waals surface area contributed by atoms with Gasteiger partial charge in [0.2, 0.25) is 0 Å². The fourth-order valence-electron chi connectivity index (χ4n) is 3.37. The molecule has 2 aromatic carbocycles. The van der Waals surface area contributed by atoms with Crippen molar-refractivity contribution in [3.63, 3.8) is 0 Å². The van der Waals surface area contributed by atoms with Crippen LogP contribution in [0, 0.1) is 11.6 Å². The Morgan fingerprint density at radius 3 is 2.28 bits per heavy atom. The molecule has 0 spiro atoms. The molecule has 0 saturated heterocycles. The zero-order valence-electron chi connectivity index (χ0n) is 14.2.